The summed E-state index contributed by atoms with van der Waals surface area (Å²) in [7, 11) is 3.38. The molecule has 2 aromatic heterocycles. The van der Waals surface area contributed by atoms with Gasteiger partial charge >= 0.3 is 0 Å². The van der Waals surface area contributed by atoms with Crippen molar-refractivity contribution in [3.8, 4) is 0 Å². The first kappa shape index (κ1) is 19.0. The van der Waals surface area contributed by atoms with Gasteiger partial charge in [-0.1, -0.05) is 29.0 Å². The summed E-state index contributed by atoms with van der Waals surface area (Å²) in [4.78, 5) is 19.9. The molecule has 2 heterocycles. The first-order valence-corrected chi connectivity index (χ1v) is 11.6. The fraction of sp³-hybridized carbons (Fsp3) is 0.150. The zero-order valence-electron chi connectivity index (χ0n) is 14.1. The van der Waals surface area contributed by atoms with E-state index in [9.17, 15) is 4.79 Å². The fourth-order valence-corrected chi connectivity index (χ4v) is 5.19. The number of aldehydes is 1. The van der Waals surface area contributed by atoms with E-state index in [1.807, 2.05) is 66.5 Å². The Morgan fingerprint density at radius 3 is 2.31 bits per heavy atom. The molecule has 0 aliphatic heterocycles. The van der Waals surface area contributed by atoms with Crippen LogP contribution in [0.4, 0.5) is 0 Å². The summed E-state index contributed by atoms with van der Waals surface area (Å²) in [5.74, 6) is 2.57. The van der Waals surface area contributed by atoms with Gasteiger partial charge in [-0.15, -0.1) is 0 Å². The lowest BCUT2D eigenvalue weighted by Crippen LogP contribution is -1.92. The first-order chi connectivity index (χ1) is 12.8. The number of carbonyl (C=O) groups is 1. The molecule has 0 atom stereocenters. The van der Waals surface area contributed by atoms with Crippen molar-refractivity contribution < 1.29 is 4.79 Å². The van der Waals surface area contributed by atoms with Crippen molar-refractivity contribution in [3.05, 3.63) is 89.4 Å². The second-order valence-corrected chi connectivity index (χ2v) is 8.83. The molecule has 0 bridgehead atoms. The van der Waals surface area contributed by atoms with E-state index < -0.39 is 0 Å². The number of hydrogen-bond donors (Lipinski definition) is 0. The Morgan fingerprint density at radius 1 is 0.846 bits per heavy atom. The van der Waals surface area contributed by atoms with Crippen LogP contribution < -0.4 is 0 Å². The third-order valence-electron chi connectivity index (χ3n) is 3.46. The minimum absolute atomic E-state index is 0.736. The van der Waals surface area contributed by atoms with Crippen LogP contribution in [0, 0.1) is 0 Å². The number of hydrogen-bond acceptors (Lipinski definition) is 6. The lowest BCUT2D eigenvalue weighted by atomic mass is 10.1. The Hall–Kier alpha value is -1.76. The maximum Gasteiger partial charge on any atom is 0.150 e. The Bertz CT molecular complexity index is 765. The van der Waals surface area contributed by atoms with Gasteiger partial charge in [0.15, 0.2) is 0 Å². The molecule has 0 spiro atoms. The zero-order chi connectivity index (χ0) is 18.0. The van der Waals surface area contributed by atoms with E-state index in [1.54, 1.807) is 27.8 Å². The van der Waals surface area contributed by atoms with E-state index >= 15 is 0 Å². The average molecular weight is 399 g/mol. The maximum absolute atomic E-state index is 11.3. The summed E-state index contributed by atoms with van der Waals surface area (Å²) in [5.41, 5.74) is 4.15. The molecule has 0 aliphatic rings. The van der Waals surface area contributed by atoms with E-state index in [0.717, 1.165) is 45.4 Å². The van der Waals surface area contributed by atoms with Crippen LogP contribution in [0.1, 0.15) is 27.2 Å². The highest BCUT2D eigenvalue weighted by Crippen LogP contribution is 2.32. The maximum atomic E-state index is 11.3. The highest BCUT2D eigenvalue weighted by molar-refractivity contribution is 8.76. The van der Waals surface area contributed by atoms with Crippen molar-refractivity contribution in [2.75, 3.05) is 0 Å². The van der Waals surface area contributed by atoms with Gasteiger partial charge in [0, 0.05) is 35.2 Å². The smallest absolute Gasteiger partial charge is 0.150 e. The summed E-state index contributed by atoms with van der Waals surface area (Å²) in [6, 6.07) is 18.0. The zero-order valence-corrected chi connectivity index (χ0v) is 16.5. The highest BCUT2D eigenvalue weighted by Gasteiger charge is 2.04. The van der Waals surface area contributed by atoms with E-state index in [-0.39, 0.29) is 0 Å². The SMILES string of the molecule is O=Cc1cc(CSCc2ccccn2)cc(CSSc2ccccn2)c1. The third kappa shape index (κ3) is 6.20. The first-order valence-electron chi connectivity index (χ1n) is 8.09. The van der Waals surface area contributed by atoms with E-state index in [2.05, 4.69) is 16.0 Å². The number of pyridine rings is 2. The molecule has 0 radical (unpaired) electrons. The van der Waals surface area contributed by atoms with Crippen LogP contribution >= 0.6 is 33.3 Å². The summed E-state index contributed by atoms with van der Waals surface area (Å²) in [5, 5.41) is 0.996. The van der Waals surface area contributed by atoms with Crippen LogP contribution in [0.3, 0.4) is 0 Å². The molecule has 3 nitrogen and oxygen atoms in total. The predicted molar refractivity (Wildman–Crippen MR) is 112 cm³/mol. The molecule has 132 valence electrons. The summed E-state index contributed by atoms with van der Waals surface area (Å²) >= 11 is 1.81. The number of nitrogens with zero attached hydrogens (tertiary/aromatic N) is 2. The molecule has 0 unspecified atom stereocenters. The molecule has 3 rings (SSSR count). The van der Waals surface area contributed by atoms with Gasteiger partial charge in [0.1, 0.15) is 11.3 Å². The van der Waals surface area contributed by atoms with Gasteiger partial charge in [0.05, 0.1) is 5.69 Å². The van der Waals surface area contributed by atoms with Crippen molar-refractivity contribution >= 4 is 39.6 Å². The van der Waals surface area contributed by atoms with Crippen LogP contribution in [-0.4, -0.2) is 16.3 Å². The topological polar surface area (TPSA) is 42.9 Å². The molecular formula is C20H18N2OS3. The van der Waals surface area contributed by atoms with E-state index in [0.29, 0.717) is 0 Å². The minimum atomic E-state index is 0.736. The molecule has 0 N–H and O–H groups in total. The van der Waals surface area contributed by atoms with Gasteiger partial charge in [0.25, 0.3) is 0 Å². The Balaban J connectivity index is 1.56. The molecule has 0 fully saturated rings. The predicted octanol–water partition coefficient (Wildman–Crippen LogP) is 5.66. The number of aromatic nitrogens is 2. The Kier molecular flexibility index (Phi) is 7.61. The second-order valence-electron chi connectivity index (χ2n) is 5.53. The van der Waals surface area contributed by atoms with Gasteiger partial charge in [-0.05, 0) is 58.3 Å². The lowest BCUT2D eigenvalue weighted by molar-refractivity contribution is 0.112. The molecule has 0 amide bonds. The van der Waals surface area contributed by atoms with Crippen LogP contribution in [0.15, 0.2) is 72.0 Å². The summed E-state index contributed by atoms with van der Waals surface area (Å²) in [6.45, 7) is 0. The monoisotopic (exact) mass is 398 g/mol. The van der Waals surface area contributed by atoms with Crippen molar-refractivity contribution in [2.24, 2.45) is 0 Å². The average Bonchev–Trinajstić information content (AvgIpc) is 2.69. The van der Waals surface area contributed by atoms with E-state index in [4.69, 9.17) is 0 Å². The van der Waals surface area contributed by atoms with Gasteiger partial charge in [-0.3, -0.25) is 9.78 Å². The molecule has 0 aliphatic carbocycles. The highest BCUT2D eigenvalue weighted by atomic mass is 33.1. The van der Waals surface area contributed by atoms with Gasteiger partial charge in [0.2, 0.25) is 0 Å². The molecule has 3 aromatic rings. The van der Waals surface area contributed by atoms with Crippen molar-refractivity contribution in [2.45, 2.75) is 22.3 Å². The molecular weight excluding hydrogens is 380 g/mol. The van der Waals surface area contributed by atoms with Crippen LogP contribution in [0.25, 0.3) is 0 Å². The second kappa shape index (κ2) is 10.4. The molecule has 1 aromatic carbocycles. The van der Waals surface area contributed by atoms with Gasteiger partial charge < -0.3 is 0 Å². The summed E-state index contributed by atoms with van der Waals surface area (Å²) in [6.07, 6.45) is 4.54. The number of benzene rings is 1. The normalized spacial score (nSPS) is 10.6. The number of carbonyl (C=O) groups excluding carboxylic acids is 1. The standard InChI is InChI=1S/C20H18N2OS3/c23-12-16-9-17(13-24-15-19-5-1-3-7-21-19)11-18(10-16)14-25-26-20-6-2-4-8-22-20/h1-12H,13-15H2. The number of rotatable bonds is 9. The Labute approximate surface area is 165 Å². The van der Waals surface area contributed by atoms with Crippen LogP contribution in [0.2, 0.25) is 0 Å². The largest absolute Gasteiger partial charge is 0.298 e. The molecule has 0 saturated carbocycles. The molecule has 6 heteroatoms. The van der Waals surface area contributed by atoms with Crippen molar-refractivity contribution in [1.82, 2.24) is 9.97 Å². The quantitative estimate of drug-likeness (QED) is 0.342. The van der Waals surface area contributed by atoms with Crippen molar-refractivity contribution in [1.29, 1.82) is 0 Å². The third-order valence-corrected chi connectivity index (χ3v) is 6.70. The number of thioether (sulfide) groups is 1. The Morgan fingerprint density at radius 2 is 1.62 bits per heavy atom. The lowest BCUT2D eigenvalue weighted by Gasteiger charge is -2.07. The summed E-state index contributed by atoms with van der Waals surface area (Å²) < 4.78 is 0. The molecule has 0 saturated heterocycles. The minimum Gasteiger partial charge on any atom is -0.298 e. The fourth-order valence-electron chi connectivity index (χ4n) is 2.34. The van der Waals surface area contributed by atoms with Crippen LogP contribution in [-0.2, 0) is 17.3 Å². The molecule has 26 heavy (non-hydrogen) atoms. The van der Waals surface area contributed by atoms with E-state index in [1.165, 1.54) is 5.56 Å². The van der Waals surface area contributed by atoms with Crippen LogP contribution in [0.5, 0.6) is 0 Å². The van der Waals surface area contributed by atoms with Gasteiger partial charge in [-0.25, -0.2) is 4.98 Å². The van der Waals surface area contributed by atoms with Gasteiger partial charge in [-0.2, -0.15) is 11.8 Å². The van der Waals surface area contributed by atoms with Crippen molar-refractivity contribution in [3.63, 3.8) is 0 Å².